The van der Waals surface area contributed by atoms with Gasteiger partial charge in [0.1, 0.15) is 0 Å². The van der Waals surface area contributed by atoms with E-state index in [9.17, 15) is 4.79 Å². The van der Waals surface area contributed by atoms with E-state index in [1.54, 1.807) is 0 Å². The number of rotatable bonds is 5. The van der Waals surface area contributed by atoms with E-state index in [0.717, 1.165) is 19.3 Å². The molecule has 0 unspecified atom stereocenters. The van der Waals surface area contributed by atoms with Crippen LogP contribution in [0.15, 0.2) is 0 Å². The first-order valence-corrected chi connectivity index (χ1v) is 5.36. The van der Waals surface area contributed by atoms with Crippen LogP contribution in [-0.2, 0) is 4.79 Å². The molecule has 1 atom stereocenters. The lowest BCUT2D eigenvalue weighted by molar-refractivity contribution is -0.124. The van der Waals surface area contributed by atoms with Crippen molar-refractivity contribution in [2.45, 2.75) is 46.1 Å². The fraction of sp³-hybridized carbons (Fsp3) is 0.750. The predicted molar refractivity (Wildman–Crippen MR) is 63.1 cm³/mol. The Morgan fingerprint density at radius 3 is 2.53 bits per heavy atom. The Hall–Kier alpha value is -1.01. The van der Waals surface area contributed by atoms with Crippen LogP contribution < -0.4 is 11.1 Å². The molecule has 3 N–H and O–H groups in total. The number of carbonyl (C=O) groups excluding carboxylic acids is 1. The second-order valence-electron chi connectivity index (χ2n) is 4.80. The van der Waals surface area contributed by atoms with Crippen LogP contribution in [0.4, 0.5) is 0 Å². The Balaban J connectivity index is 3.71. The Labute approximate surface area is 92.8 Å². The first-order valence-electron chi connectivity index (χ1n) is 5.36. The van der Waals surface area contributed by atoms with Crippen LogP contribution in [0.25, 0.3) is 0 Å². The number of nitrogens with two attached hydrogens (primary N) is 1. The van der Waals surface area contributed by atoms with Gasteiger partial charge in [-0.1, -0.05) is 20.8 Å². The van der Waals surface area contributed by atoms with Gasteiger partial charge in [-0.2, -0.15) is 0 Å². The second kappa shape index (κ2) is 6.47. The molecule has 0 bridgehead atoms. The van der Waals surface area contributed by atoms with Gasteiger partial charge in [0.2, 0.25) is 5.91 Å². The fourth-order valence-electron chi connectivity index (χ4n) is 1.07. The van der Waals surface area contributed by atoms with Crippen LogP contribution in [0.3, 0.4) is 0 Å². The van der Waals surface area contributed by atoms with Crippen LogP contribution in [0.5, 0.6) is 0 Å². The van der Waals surface area contributed by atoms with E-state index in [0.29, 0.717) is 6.54 Å². The minimum Gasteiger partial charge on any atom is -0.355 e. The van der Waals surface area contributed by atoms with Crippen molar-refractivity contribution < 1.29 is 4.79 Å². The molecule has 0 aliphatic rings. The lowest BCUT2D eigenvalue weighted by Gasteiger charge is -2.25. The smallest absolute Gasteiger partial charge is 0.237 e. The molecule has 0 aromatic carbocycles. The fourth-order valence-corrected chi connectivity index (χ4v) is 1.07. The Morgan fingerprint density at radius 1 is 1.47 bits per heavy atom. The summed E-state index contributed by atoms with van der Waals surface area (Å²) in [5.41, 5.74) is 5.60. The Kier molecular flexibility index (Phi) is 6.03. The van der Waals surface area contributed by atoms with Crippen molar-refractivity contribution in [1.29, 1.82) is 0 Å². The van der Waals surface area contributed by atoms with E-state index in [4.69, 9.17) is 12.2 Å². The Bertz CT molecular complexity index is 235. The molecule has 0 aliphatic carbocycles. The van der Waals surface area contributed by atoms with Gasteiger partial charge in [0.25, 0.3) is 0 Å². The highest BCUT2D eigenvalue weighted by molar-refractivity contribution is 5.82. The number of terminal acetylenes is 1. The number of nitrogens with one attached hydrogen (secondary N) is 1. The summed E-state index contributed by atoms with van der Waals surface area (Å²) in [6.45, 7) is 6.52. The van der Waals surface area contributed by atoms with Crippen LogP contribution >= 0.6 is 0 Å². The normalized spacial score (nSPS) is 13.0. The number of amides is 1. The average Bonchev–Trinajstić information content (AvgIpc) is 2.14. The van der Waals surface area contributed by atoms with Crippen LogP contribution in [-0.4, -0.2) is 18.5 Å². The standard InChI is InChI=1S/C12H22N2O/c1-5-6-7-8-9-14-11(15)10(13)12(2,3)4/h1,10H,6-9,13H2,2-4H3,(H,14,15)/t10-/m0/s1. The molecular weight excluding hydrogens is 188 g/mol. The zero-order valence-corrected chi connectivity index (χ0v) is 9.97. The number of carbonyl (C=O) groups is 1. The quantitative estimate of drug-likeness (QED) is 0.530. The average molecular weight is 210 g/mol. The molecule has 0 saturated heterocycles. The van der Waals surface area contributed by atoms with Crippen molar-refractivity contribution in [3.8, 4) is 12.3 Å². The number of hydrogen-bond acceptors (Lipinski definition) is 2. The van der Waals surface area contributed by atoms with Gasteiger partial charge in [0, 0.05) is 13.0 Å². The summed E-state index contributed by atoms with van der Waals surface area (Å²) in [7, 11) is 0. The van der Waals surface area contributed by atoms with Crippen molar-refractivity contribution in [1.82, 2.24) is 5.32 Å². The zero-order valence-electron chi connectivity index (χ0n) is 9.97. The van der Waals surface area contributed by atoms with Crippen molar-refractivity contribution in [2.75, 3.05) is 6.54 Å². The molecule has 0 spiro atoms. The maximum atomic E-state index is 11.5. The van der Waals surface area contributed by atoms with Crippen LogP contribution in [0.1, 0.15) is 40.0 Å². The summed E-state index contributed by atoms with van der Waals surface area (Å²) in [5, 5.41) is 2.82. The molecule has 3 nitrogen and oxygen atoms in total. The molecule has 0 aromatic rings. The molecule has 3 heteroatoms. The lowest BCUT2D eigenvalue weighted by Crippen LogP contribution is -2.48. The van der Waals surface area contributed by atoms with Gasteiger partial charge in [-0.15, -0.1) is 12.3 Å². The number of unbranched alkanes of at least 4 members (excludes halogenated alkanes) is 2. The summed E-state index contributed by atoms with van der Waals surface area (Å²) in [6, 6.07) is -0.454. The van der Waals surface area contributed by atoms with E-state index in [1.165, 1.54) is 0 Å². The van der Waals surface area contributed by atoms with Gasteiger partial charge < -0.3 is 11.1 Å². The highest BCUT2D eigenvalue weighted by atomic mass is 16.2. The third-order valence-corrected chi connectivity index (χ3v) is 2.26. The largest absolute Gasteiger partial charge is 0.355 e. The minimum atomic E-state index is -0.454. The summed E-state index contributed by atoms with van der Waals surface area (Å²) < 4.78 is 0. The molecule has 0 heterocycles. The van der Waals surface area contributed by atoms with Gasteiger partial charge in [0.05, 0.1) is 6.04 Å². The monoisotopic (exact) mass is 210 g/mol. The molecule has 15 heavy (non-hydrogen) atoms. The van der Waals surface area contributed by atoms with Crippen molar-refractivity contribution in [2.24, 2.45) is 11.1 Å². The highest BCUT2D eigenvalue weighted by Crippen LogP contribution is 2.16. The van der Waals surface area contributed by atoms with E-state index < -0.39 is 6.04 Å². The van der Waals surface area contributed by atoms with E-state index >= 15 is 0 Å². The van der Waals surface area contributed by atoms with Crippen molar-refractivity contribution in [3.05, 3.63) is 0 Å². The summed E-state index contributed by atoms with van der Waals surface area (Å²) in [5.74, 6) is 2.49. The zero-order chi connectivity index (χ0) is 11.9. The van der Waals surface area contributed by atoms with Crippen LogP contribution in [0, 0.1) is 17.8 Å². The van der Waals surface area contributed by atoms with Crippen molar-refractivity contribution in [3.63, 3.8) is 0 Å². The third kappa shape index (κ3) is 6.14. The molecule has 0 aromatic heterocycles. The van der Waals surface area contributed by atoms with E-state index in [-0.39, 0.29) is 11.3 Å². The summed E-state index contributed by atoms with van der Waals surface area (Å²) in [6.07, 6.45) is 7.74. The minimum absolute atomic E-state index is 0.0804. The molecule has 0 fully saturated rings. The van der Waals surface area contributed by atoms with Gasteiger partial charge in [-0.3, -0.25) is 4.79 Å². The molecule has 1 amide bonds. The van der Waals surface area contributed by atoms with Gasteiger partial charge in [0.15, 0.2) is 0 Å². The SMILES string of the molecule is C#CCCCCNC(=O)[C@H](N)C(C)(C)C. The van der Waals surface area contributed by atoms with E-state index in [2.05, 4.69) is 11.2 Å². The first-order chi connectivity index (χ1) is 6.89. The molecular formula is C12H22N2O. The Morgan fingerprint density at radius 2 is 2.07 bits per heavy atom. The maximum Gasteiger partial charge on any atom is 0.237 e. The molecule has 0 radical (unpaired) electrons. The predicted octanol–water partition coefficient (Wildman–Crippen LogP) is 1.28. The van der Waals surface area contributed by atoms with Gasteiger partial charge in [-0.05, 0) is 18.3 Å². The summed E-state index contributed by atoms with van der Waals surface area (Å²) in [4.78, 5) is 11.5. The molecule has 0 saturated carbocycles. The lowest BCUT2D eigenvalue weighted by atomic mass is 9.87. The van der Waals surface area contributed by atoms with Gasteiger partial charge >= 0.3 is 0 Å². The topological polar surface area (TPSA) is 55.1 Å². The van der Waals surface area contributed by atoms with Crippen molar-refractivity contribution >= 4 is 5.91 Å². The van der Waals surface area contributed by atoms with Gasteiger partial charge in [-0.25, -0.2) is 0 Å². The van der Waals surface area contributed by atoms with E-state index in [1.807, 2.05) is 20.8 Å². The molecule has 0 rings (SSSR count). The maximum absolute atomic E-state index is 11.5. The number of hydrogen-bond donors (Lipinski definition) is 2. The third-order valence-electron chi connectivity index (χ3n) is 2.26. The molecule has 86 valence electrons. The summed E-state index contributed by atoms with van der Waals surface area (Å²) >= 11 is 0. The van der Waals surface area contributed by atoms with Crippen LogP contribution in [0.2, 0.25) is 0 Å². The second-order valence-corrected chi connectivity index (χ2v) is 4.80. The highest BCUT2D eigenvalue weighted by Gasteiger charge is 2.26. The first kappa shape index (κ1) is 14.0. The molecule has 0 aliphatic heterocycles.